The fourth-order valence-electron chi connectivity index (χ4n) is 1.53. The molecule has 0 fully saturated rings. The van der Waals surface area contributed by atoms with Gasteiger partial charge in [-0.1, -0.05) is 39.0 Å². The average Bonchev–Trinajstić information content (AvgIpc) is 2.12. The van der Waals surface area contributed by atoms with E-state index >= 15 is 0 Å². The summed E-state index contributed by atoms with van der Waals surface area (Å²) in [5.74, 6) is 3.45. The summed E-state index contributed by atoms with van der Waals surface area (Å²) in [6, 6.07) is 0.265. The third kappa shape index (κ3) is 3.78. The van der Waals surface area contributed by atoms with Crippen LogP contribution in [0.4, 0.5) is 0 Å². The van der Waals surface area contributed by atoms with Gasteiger partial charge in [0.05, 0.1) is 6.04 Å². The first kappa shape index (κ1) is 11.5. The zero-order valence-electron chi connectivity index (χ0n) is 8.56. The van der Waals surface area contributed by atoms with Crippen molar-refractivity contribution in [3.63, 3.8) is 0 Å². The lowest BCUT2D eigenvalue weighted by molar-refractivity contribution is 0.385. The molecule has 0 spiro atoms. The van der Waals surface area contributed by atoms with Gasteiger partial charge < -0.3 is 5.32 Å². The van der Waals surface area contributed by atoms with Crippen molar-refractivity contribution >= 4 is 0 Å². The molecule has 2 unspecified atom stereocenters. The van der Waals surface area contributed by atoms with Gasteiger partial charge in [0.15, 0.2) is 0 Å². The van der Waals surface area contributed by atoms with E-state index in [1.807, 2.05) is 7.05 Å². The van der Waals surface area contributed by atoms with Crippen LogP contribution in [-0.4, -0.2) is 13.1 Å². The molecule has 12 heavy (non-hydrogen) atoms. The summed E-state index contributed by atoms with van der Waals surface area (Å²) in [6.07, 6.45) is 10.4. The highest BCUT2D eigenvalue weighted by atomic mass is 14.9. The van der Waals surface area contributed by atoms with Gasteiger partial charge >= 0.3 is 0 Å². The quantitative estimate of drug-likeness (QED) is 0.599. The van der Waals surface area contributed by atoms with Crippen molar-refractivity contribution in [1.82, 2.24) is 5.32 Å². The second kappa shape index (κ2) is 7.18. The maximum Gasteiger partial charge on any atom is 0.0712 e. The molecular formula is C11H21N. The smallest absolute Gasteiger partial charge is 0.0712 e. The van der Waals surface area contributed by atoms with Gasteiger partial charge in [0, 0.05) is 0 Å². The highest BCUT2D eigenvalue weighted by molar-refractivity contribution is 5.01. The molecular weight excluding hydrogens is 146 g/mol. The van der Waals surface area contributed by atoms with Crippen molar-refractivity contribution in [3.05, 3.63) is 0 Å². The van der Waals surface area contributed by atoms with E-state index in [4.69, 9.17) is 6.42 Å². The van der Waals surface area contributed by atoms with Gasteiger partial charge in [0.1, 0.15) is 0 Å². The normalized spacial score (nSPS) is 15.2. The topological polar surface area (TPSA) is 12.0 Å². The lowest BCUT2D eigenvalue weighted by Crippen LogP contribution is -2.31. The van der Waals surface area contributed by atoms with Crippen LogP contribution >= 0.6 is 0 Å². The van der Waals surface area contributed by atoms with Crippen LogP contribution in [0.15, 0.2) is 0 Å². The molecule has 70 valence electrons. The minimum atomic E-state index is 0.265. The Morgan fingerprint density at radius 1 is 1.42 bits per heavy atom. The van der Waals surface area contributed by atoms with Gasteiger partial charge in [0.2, 0.25) is 0 Å². The number of terminal acetylenes is 1. The number of rotatable bonds is 6. The Kier molecular flexibility index (Phi) is 6.90. The fraction of sp³-hybridized carbons (Fsp3) is 0.818. The largest absolute Gasteiger partial charge is 0.307 e. The average molecular weight is 167 g/mol. The highest BCUT2D eigenvalue weighted by Gasteiger charge is 2.14. The molecule has 0 aromatic heterocycles. The summed E-state index contributed by atoms with van der Waals surface area (Å²) in [5, 5.41) is 3.18. The molecule has 0 saturated carbocycles. The summed E-state index contributed by atoms with van der Waals surface area (Å²) < 4.78 is 0. The van der Waals surface area contributed by atoms with Gasteiger partial charge in [0.25, 0.3) is 0 Å². The van der Waals surface area contributed by atoms with Crippen LogP contribution in [0.1, 0.15) is 39.5 Å². The molecule has 0 radical (unpaired) electrons. The molecule has 0 heterocycles. The van der Waals surface area contributed by atoms with Crippen LogP contribution in [0.3, 0.4) is 0 Å². The van der Waals surface area contributed by atoms with Crippen LogP contribution in [0, 0.1) is 18.3 Å². The molecule has 0 aromatic rings. The van der Waals surface area contributed by atoms with E-state index in [0.717, 1.165) is 0 Å². The summed E-state index contributed by atoms with van der Waals surface area (Å²) in [5.41, 5.74) is 0. The van der Waals surface area contributed by atoms with Gasteiger partial charge in [-0.25, -0.2) is 0 Å². The van der Waals surface area contributed by atoms with Crippen molar-refractivity contribution in [2.24, 2.45) is 5.92 Å². The maximum atomic E-state index is 5.42. The van der Waals surface area contributed by atoms with Crippen LogP contribution in [0.2, 0.25) is 0 Å². The molecule has 0 aliphatic rings. The highest BCUT2D eigenvalue weighted by Crippen LogP contribution is 2.16. The van der Waals surface area contributed by atoms with Crippen molar-refractivity contribution in [2.45, 2.75) is 45.6 Å². The number of nitrogens with one attached hydrogen (secondary N) is 1. The molecule has 1 nitrogen and oxygen atoms in total. The number of hydrogen-bond acceptors (Lipinski definition) is 1. The summed E-state index contributed by atoms with van der Waals surface area (Å²) in [4.78, 5) is 0. The molecule has 1 N–H and O–H groups in total. The van der Waals surface area contributed by atoms with Gasteiger partial charge in [-0.2, -0.15) is 0 Å². The lowest BCUT2D eigenvalue weighted by atomic mass is 9.92. The molecule has 0 saturated heterocycles. The summed E-state index contributed by atoms with van der Waals surface area (Å²) in [6.45, 7) is 4.43. The van der Waals surface area contributed by atoms with Crippen molar-refractivity contribution < 1.29 is 0 Å². The van der Waals surface area contributed by atoms with E-state index in [9.17, 15) is 0 Å². The predicted molar refractivity (Wildman–Crippen MR) is 55.0 cm³/mol. The standard InChI is InChI=1S/C11H21N/c1-5-8-9-10(6-2)11(7-3)12-4/h3,10-12H,5-6,8-9H2,1-2,4H3. The first-order valence-electron chi connectivity index (χ1n) is 4.93. The van der Waals surface area contributed by atoms with Gasteiger partial charge in [-0.3, -0.25) is 0 Å². The predicted octanol–water partition coefficient (Wildman–Crippen LogP) is 2.42. The summed E-state index contributed by atoms with van der Waals surface area (Å²) in [7, 11) is 1.94. The van der Waals surface area contributed by atoms with Crippen molar-refractivity contribution in [1.29, 1.82) is 0 Å². The molecule has 1 heteroatoms. The zero-order chi connectivity index (χ0) is 9.40. The maximum absolute atomic E-state index is 5.42. The van der Waals surface area contributed by atoms with E-state index in [1.165, 1.54) is 25.7 Å². The molecule has 0 rings (SSSR count). The third-order valence-electron chi connectivity index (χ3n) is 2.41. The van der Waals surface area contributed by atoms with E-state index < -0.39 is 0 Å². The second-order valence-corrected chi connectivity index (χ2v) is 3.24. The van der Waals surface area contributed by atoms with Crippen molar-refractivity contribution in [2.75, 3.05) is 7.05 Å². The first-order valence-corrected chi connectivity index (χ1v) is 4.93. The fourth-order valence-corrected chi connectivity index (χ4v) is 1.53. The molecule has 0 bridgehead atoms. The van der Waals surface area contributed by atoms with Crippen LogP contribution in [0.25, 0.3) is 0 Å². The second-order valence-electron chi connectivity index (χ2n) is 3.24. The number of hydrogen-bond donors (Lipinski definition) is 1. The Hall–Kier alpha value is -0.480. The van der Waals surface area contributed by atoms with Crippen LogP contribution < -0.4 is 5.32 Å². The minimum absolute atomic E-state index is 0.265. The third-order valence-corrected chi connectivity index (χ3v) is 2.41. The Labute approximate surface area is 76.9 Å². The number of unbranched alkanes of at least 4 members (excludes halogenated alkanes) is 1. The molecule has 0 amide bonds. The Morgan fingerprint density at radius 3 is 2.42 bits per heavy atom. The minimum Gasteiger partial charge on any atom is -0.307 e. The van der Waals surface area contributed by atoms with Crippen molar-refractivity contribution in [3.8, 4) is 12.3 Å². The van der Waals surface area contributed by atoms with Gasteiger partial charge in [-0.15, -0.1) is 6.42 Å². The van der Waals surface area contributed by atoms with Crippen LogP contribution in [0.5, 0.6) is 0 Å². The molecule has 0 aliphatic carbocycles. The van der Waals surface area contributed by atoms with E-state index in [1.54, 1.807) is 0 Å². The molecule has 0 aliphatic heterocycles. The first-order chi connectivity index (χ1) is 5.79. The Bertz CT molecular complexity index is 134. The zero-order valence-corrected chi connectivity index (χ0v) is 8.56. The van der Waals surface area contributed by atoms with E-state index in [0.29, 0.717) is 5.92 Å². The Balaban J connectivity index is 3.86. The molecule has 0 aromatic carbocycles. The van der Waals surface area contributed by atoms with Gasteiger partial charge in [-0.05, 0) is 19.4 Å². The van der Waals surface area contributed by atoms with E-state index in [-0.39, 0.29) is 6.04 Å². The van der Waals surface area contributed by atoms with E-state index in [2.05, 4.69) is 25.1 Å². The summed E-state index contributed by atoms with van der Waals surface area (Å²) >= 11 is 0. The lowest BCUT2D eigenvalue weighted by Gasteiger charge is -2.20. The SMILES string of the molecule is C#CC(NC)C(CC)CCCC. The Morgan fingerprint density at radius 2 is 2.08 bits per heavy atom. The van der Waals surface area contributed by atoms with Crippen LogP contribution in [-0.2, 0) is 0 Å². The monoisotopic (exact) mass is 167 g/mol. The molecule has 2 atom stereocenters.